The maximum Gasteiger partial charge on any atom is 0.123 e. The summed E-state index contributed by atoms with van der Waals surface area (Å²) < 4.78 is 12.7. The van der Waals surface area contributed by atoms with E-state index in [1.807, 2.05) is 12.1 Å². The lowest BCUT2D eigenvalue weighted by Crippen LogP contribution is -1.85. The summed E-state index contributed by atoms with van der Waals surface area (Å²) in [6, 6.07) is 6.75. The molecule has 14 heavy (non-hydrogen) atoms. The standard InChI is InChI=1S/C13H17F/c1-3-5-11(6-4-2)12-7-9-13(14)10-8-12/h5,7-10H,3-4,6H2,1-2H3/b11-5+. The van der Waals surface area contributed by atoms with Crippen molar-refractivity contribution in [1.82, 2.24) is 0 Å². The highest BCUT2D eigenvalue weighted by atomic mass is 19.1. The second-order valence-electron chi connectivity index (χ2n) is 3.39. The van der Waals surface area contributed by atoms with Gasteiger partial charge in [0.1, 0.15) is 5.82 Å². The lowest BCUT2D eigenvalue weighted by Gasteiger charge is -2.05. The molecule has 0 aromatic heterocycles. The second kappa shape index (κ2) is 5.58. The zero-order chi connectivity index (χ0) is 10.4. The molecule has 0 fully saturated rings. The zero-order valence-electron chi connectivity index (χ0n) is 8.89. The van der Waals surface area contributed by atoms with Crippen molar-refractivity contribution in [3.05, 3.63) is 41.7 Å². The predicted octanol–water partition coefficient (Wildman–Crippen LogP) is 4.42. The van der Waals surface area contributed by atoms with Gasteiger partial charge in [0.15, 0.2) is 0 Å². The fourth-order valence-electron chi connectivity index (χ4n) is 1.54. The molecule has 0 saturated carbocycles. The Bertz CT molecular complexity index is 296. The number of hydrogen-bond acceptors (Lipinski definition) is 0. The van der Waals surface area contributed by atoms with Gasteiger partial charge in [-0.1, -0.05) is 38.5 Å². The minimum Gasteiger partial charge on any atom is -0.207 e. The van der Waals surface area contributed by atoms with Gasteiger partial charge in [0, 0.05) is 0 Å². The van der Waals surface area contributed by atoms with E-state index in [0.29, 0.717) is 0 Å². The van der Waals surface area contributed by atoms with Crippen LogP contribution >= 0.6 is 0 Å². The number of halogens is 1. The molecule has 1 rings (SSSR count). The van der Waals surface area contributed by atoms with Crippen LogP contribution in [0.1, 0.15) is 38.7 Å². The van der Waals surface area contributed by atoms with Gasteiger partial charge >= 0.3 is 0 Å². The maximum atomic E-state index is 12.7. The van der Waals surface area contributed by atoms with Crippen LogP contribution in [0.5, 0.6) is 0 Å². The molecule has 0 unspecified atom stereocenters. The van der Waals surface area contributed by atoms with E-state index in [4.69, 9.17) is 0 Å². The molecule has 0 nitrogen and oxygen atoms in total. The lowest BCUT2D eigenvalue weighted by atomic mass is 10.0. The second-order valence-corrected chi connectivity index (χ2v) is 3.39. The lowest BCUT2D eigenvalue weighted by molar-refractivity contribution is 0.627. The third-order valence-corrected chi connectivity index (χ3v) is 2.18. The molecule has 0 radical (unpaired) electrons. The molecular weight excluding hydrogens is 175 g/mol. The van der Waals surface area contributed by atoms with Crippen molar-refractivity contribution in [1.29, 1.82) is 0 Å². The van der Waals surface area contributed by atoms with Gasteiger partial charge in [-0.2, -0.15) is 0 Å². The molecule has 0 amide bonds. The van der Waals surface area contributed by atoms with Crippen molar-refractivity contribution >= 4 is 5.57 Å². The van der Waals surface area contributed by atoms with Gasteiger partial charge in [-0.15, -0.1) is 0 Å². The van der Waals surface area contributed by atoms with E-state index >= 15 is 0 Å². The van der Waals surface area contributed by atoms with Gasteiger partial charge in [0.25, 0.3) is 0 Å². The molecule has 0 bridgehead atoms. The fourth-order valence-corrected chi connectivity index (χ4v) is 1.54. The highest BCUT2D eigenvalue weighted by molar-refractivity contribution is 5.65. The molecule has 0 aliphatic heterocycles. The van der Waals surface area contributed by atoms with E-state index in [-0.39, 0.29) is 5.82 Å². The third kappa shape index (κ3) is 2.99. The molecule has 0 aliphatic carbocycles. The average Bonchev–Trinajstić information content (AvgIpc) is 2.19. The summed E-state index contributed by atoms with van der Waals surface area (Å²) in [5.41, 5.74) is 2.48. The highest BCUT2D eigenvalue weighted by Crippen LogP contribution is 2.20. The van der Waals surface area contributed by atoms with E-state index in [2.05, 4.69) is 19.9 Å². The Morgan fingerprint density at radius 2 is 1.86 bits per heavy atom. The van der Waals surface area contributed by atoms with Crippen molar-refractivity contribution in [3.8, 4) is 0 Å². The first-order valence-electron chi connectivity index (χ1n) is 5.23. The van der Waals surface area contributed by atoms with E-state index in [9.17, 15) is 4.39 Å². The Morgan fingerprint density at radius 3 is 2.36 bits per heavy atom. The topological polar surface area (TPSA) is 0 Å². The predicted molar refractivity (Wildman–Crippen MR) is 59.6 cm³/mol. The van der Waals surface area contributed by atoms with Gasteiger partial charge in [-0.05, 0) is 36.1 Å². The van der Waals surface area contributed by atoms with Gasteiger partial charge < -0.3 is 0 Å². The minimum absolute atomic E-state index is 0.166. The number of rotatable bonds is 4. The van der Waals surface area contributed by atoms with Crippen LogP contribution in [-0.4, -0.2) is 0 Å². The summed E-state index contributed by atoms with van der Waals surface area (Å²) in [4.78, 5) is 0. The molecule has 1 aromatic carbocycles. The Morgan fingerprint density at radius 1 is 1.21 bits per heavy atom. The molecular formula is C13H17F. The van der Waals surface area contributed by atoms with Crippen LogP contribution in [0.15, 0.2) is 30.3 Å². The molecule has 1 aromatic rings. The van der Waals surface area contributed by atoms with Crippen LogP contribution < -0.4 is 0 Å². The largest absolute Gasteiger partial charge is 0.207 e. The smallest absolute Gasteiger partial charge is 0.123 e. The van der Waals surface area contributed by atoms with Gasteiger partial charge in [-0.3, -0.25) is 0 Å². The van der Waals surface area contributed by atoms with Crippen molar-refractivity contribution in [2.75, 3.05) is 0 Å². The first-order chi connectivity index (χ1) is 6.77. The molecule has 0 atom stereocenters. The molecule has 1 heteroatoms. The van der Waals surface area contributed by atoms with Crippen molar-refractivity contribution < 1.29 is 4.39 Å². The van der Waals surface area contributed by atoms with Crippen LogP contribution in [0.25, 0.3) is 5.57 Å². The van der Waals surface area contributed by atoms with Crippen LogP contribution in [-0.2, 0) is 0 Å². The molecule has 0 aliphatic rings. The first-order valence-corrected chi connectivity index (χ1v) is 5.23. The molecule has 0 saturated heterocycles. The summed E-state index contributed by atoms with van der Waals surface area (Å²) >= 11 is 0. The van der Waals surface area contributed by atoms with Gasteiger partial charge in [-0.25, -0.2) is 4.39 Å². The molecule has 0 N–H and O–H groups in total. The van der Waals surface area contributed by atoms with Crippen LogP contribution in [0.2, 0.25) is 0 Å². The van der Waals surface area contributed by atoms with Gasteiger partial charge in [0.2, 0.25) is 0 Å². The van der Waals surface area contributed by atoms with Crippen LogP contribution in [0.3, 0.4) is 0 Å². The zero-order valence-corrected chi connectivity index (χ0v) is 8.89. The summed E-state index contributed by atoms with van der Waals surface area (Å²) in [5.74, 6) is -0.166. The molecule has 0 spiro atoms. The normalized spacial score (nSPS) is 11.8. The summed E-state index contributed by atoms with van der Waals surface area (Å²) in [6.45, 7) is 4.28. The fraction of sp³-hybridized carbons (Fsp3) is 0.385. The monoisotopic (exact) mass is 192 g/mol. The summed E-state index contributed by atoms with van der Waals surface area (Å²) in [7, 11) is 0. The van der Waals surface area contributed by atoms with Crippen molar-refractivity contribution in [3.63, 3.8) is 0 Å². The van der Waals surface area contributed by atoms with E-state index in [0.717, 1.165) is 24.8 Å². The van der Waals surface area contributed by atoms with E-state index in [1.54, 1.807) is 0 Å². The summed E-state index contributed by atoms with van der Waals surface area (Å²) in [5, 5.41) is 0. The number of benzene rings is 1. The van der Waals surface area contributed by atoms with Crippen LogP contribution in [0, 0.1) is 5.82 Å². The van der Waals surface area contributed by atoms with Gasteiger partial charge in [0.05, 0.1) is 0 Å². The van der Waals surface area contributed by atoms with Crippen molar-refractivity contribution in [2.24, 2.45) is 0 Å². The quantitative estimate of drug-likeness (QED) is 0.662. The maximum absolute atomic E-state index is 12.7. The Hall–Kier alpha value is -1.11. The van der Waals surface area contributed by atoms with E-state index < -0.39 is 0 Å². The molecule has 76 valence electrons. The third-order valence-electron chi connectivity index (χ3n) is 2.18. The Balaban J connectivity index is 2.88. The number of hydrogen-bond donors (Lipinski definition) is 0. The minimum atomic E-state index is -0.166. The van der Waals surface area contributed by atoms with Crippen molar-refractivity contribution in [2.45, 2.75) is 33.1 Å². The Labute approximate surface area is 85.5 Å². The number of allylic oxidation sites excluding steroid dienone is 2. The Kier molecular flexibility index (Phi) is 4.37. The van der Waals surface area contributed by atoms with E-state index in [1.165, 1.54) is 17.7 Å². The summed E-state index contributed by atoms with van der Waals surface area (Å²) in [6.07, 6.45) is 5.45. The average molecular weight is 192 g/mol. The first kappa shape index (κ1) is 11.0. The SMILES string of the molecule is CC/C=C(\CCC)c1ccc(F)cc1. The highest BCUT2D eigenvalue weighted by Gasteiger charge is 1.99. The molecule has 0 heterocycles. The van der Waals surface area contributed by atoms with Crippen LogP contribution in [0.4, 0.5) is 4.39 Å².